The molecule has 1 aromatic carbocycles. The Kier molecular flexibility index (Phi) is 6.27. The highest BCUT2D eigenvalue weighted by Crippen LogP contribution is 2.22. The van der Waals surface area contributed by atoms with E-state index in [0.29, 0.717) is 12.8 Å². The number of nitrogens with zero attached hydrogens (tertiary/aromatic N) is 4. The standard InChI is InChI=1S/C22H32N4O2/c1-24-20-5-3-2-4-19(20)23-21(24)6-7-22(27)26-12-9-18(10-13-26)8-11-25-14-16-28-17-15-25/h2-5,18H,6-17H2,1H3. The van der Waals surface area contributed by atoms with Crippen molar-refractivity contribution in [2.24, 2.45) is 13.0 Å². The van der Waals surface area contributed by atoms with Crippen LogP contribution in [0.3, 0.4) is 0 Å². The van der Waals surface area contributed by atoms with E-state index in [1.54, 1.807) is 0 Å². The normalized spacial score (nSPS) is 19.4. The molecule has 6 nitrogen and oxygen atoms in total. The van der Waals surface area contributed by atoms with Gasteiger partial charge in [0.25, 0.3) is 0 Å². The minimum absolute atomic E-state index is 0.277. The number of imidazole rings is 1. The largest absolute Gasteiger partial charge is 0.379 e. The summed E-state index contributed by atoms with van der Waals surface area (Å²) < 4.78 is 7.53. The van der Waals surface area contributed by atoms with Gasteiger partial charge in [-0.3, -0.25) is 9.69 Å². The minimum Gasteiger partial charge on any atom is -0.379 e. The van der Waals surface area contributed by atoms with Crippen molar-refractivity contribution >= 4 is 16.9 Å². The number of piperidine rings is 1. The van der Waals surface area contributed by atoms with E-state index in [9.17, 15) is 4.79 Å². The maximum atomic E-state index is 12.7. The number of hydrogen-bond donors (Lipinski definition) is 0. The third kappa shape index (κ3) is 4.55. The van der Waals surface area contributed by atoms with E-state index in [1.807, 2.05) is 25.2 Å². The van der Waals surface area contributed by atoms with Crippen LogP contribution < -0.4 is 0 Å². The van der Waals surface area contributed by atoms with Crippen molar-refractivity contribution < 1.29 is 9.53 Å². The smallest absolute Gasteiger partial charge is 0.223 e. The number of hydrogen-bond acceptors (Lipinski definition) is 4. The molecule has 0 aliphatic carbocycles. The molecule has 2 aromatic rings. The summed E-state index contributed by atoms with van der Waals surface area (Å²) in [6, 6.07) is 8.15. The Morgan fingerprint density at radius 3 is 2.64 bits per heavy atom. The molecule has 0 atom stereocenters. The number of morpholine rings is 1. The van der Waals surface area contributed by atoms with Gasteiger partial charge in [0.1, 0.15) is 5.82 Å². The number of ether oxygens (including phenoxy) is 1. The second-order valence-corrected chi connectivity index (χ2v) is 8.14. The minimum atomic E-state index is 0.277. The molecule has 0 saturated carbocycles. The molecule has 4 rings (SSSR count). The van der Waals surface area contributed by atoms with Gasteiger partial charge in [-0.15, -0.1) is 0 Å². The van der Waals surface area contributed by atoms with Gasteiger partial charge in [0.2, 0.25) is 5.91 Å². The van der Waals surface area contributed by atoms with Crippen LogP contribution in [-0.2, 0) is 23.0 Å². The summed E-state index contributed by atoms with van der Waals surface area (Å²) in [7, 11) is 2.04. The number of benzene rings is 1. The highest BCUT2D eigenvalue weighted by Gasteiger charge is 2.23. The molecule has 28 heavy (non-hydrogen) atoms. The summed E-state index contributed by atoms with van der Waals surface area (Å²) in [5.41, 5.74) is 2.14. The van der Waals surface area contributed by atoms with E-state index in [2.05, 4.69) is 25.4 Å². The number of para-hydroxylation sites is 2. The third-order valence-corrected chi connectivity index (χ3v) is 6.37. The van der Waals surface area contributed by atoms with Crippen molar-refractivity contribution in [3.63, 3.8) is 0 Å². The second kappa shape index (κ2) is 9.05. The number of fused-ring (bicyclic) bond motifs is 1. The maximum absolute atomic E-state index is 12.7. The fourth-order valence-electron chi connectivity index (χ4n) is 4.46. The first kappa shape index (κ1) is 19.4. The Morgan fingerprint density at radius 2 is 1.89 bits per heavy atom. The first-order chi connectivity index (χ1) is 13.7. The fourth-order valence-corrected chi connectivity index (χ4v) is 4.46. The number of amides is 1. The molecule has 2 aliphatic rings. The predicted molar refractivity (Wildman–Crippen MR) is 110 cm³/mol. The topological polar surface area (TPSA) is 50.6 Å². The molecule has 152 valence electrons. The van der Waals surface area contributed by atoms with Crippen LogP contribution in [0, 0.1) is 5.92 Å². The summed E-state index contributed by atoms with van der Waals surface area (Å²) in [6.07, 6.45) is 4.79. The van der Waals surface area contributed by atoms with Crippen molar-refractivity contribution in [3.8, 4) is 0 Å². The second-order valence-electron chi connectivity index (χ2n) is 8.14. The zero-order chi connectivity index (χ0) is 19.3. The first-order valence-corrected chi connectivity index (χ1v) is 10.7. The molecule has 0 radical (unpaired) electrons. The molecule has 2 saturated heterocycles. The Morgan fingerprint density at radius 1 is 1.14 bits per heavy atom. The molecular formula is C22H32N4O2. The van der Waals surface area contributed by atoms with Gasteiger partial charge in [0.15, 0.2) is 0 Å². The van der Waals surface area contributed by atoms with Crippen molar-refractivity contribution in [1.82, 2.24) is 19.4 Å². The Hall–Kier alpha value is -1.92. The number of likely N-dealkylation sites (tertiary alicyclic amines) is 1. The number of aryl methyl sites for hydroxylation is 2. The Bertz CT molecular complexity index is 789. The van der Waals surface area contributed by atoms with E-state index in [0.717, 1.165) is 75.0 Å². The lowest BCUT2D eigenvalue weighted by atomic mass is 9.93. The van der Waals surface area contributed by atoms with Crippen LogP contribution in [0.25, 0.3) is 11.0 Å². The first-order valence-electron chi connectivity index (χ1n) is 10.7. The van der Waals surface area contributed by atoms with Gasteiger partial charge in [0, 0.05) is 46.1 Å². The molecule has 1 amide bonds. The molecular weight excluding hydrogens is 352 g/mol. The van der Waals surface area contributed by atoms with Crippen LogP contribution in [-0.4, -0.2) is 71.2 Å². The van der Waals surface area contributed by atoms with Crippen LogP contribution in [0.5, 0.6) is 0 Å². The molecule has 0 N–H and O–H groups in total. The zero-order valence-electron chi connectivity index (χ0n) is 17.0. The molecule has 3 heterocycles. The Balaban J connectivity index is 1.21. The van der Waals surface area contributed by atoms with Crippen LogP contribution in [0.2, 0.25) is 0 Å². The van der Waals surface area contributed by atoms with Crippen LogP contribution in [0.1, 0.15) is 31.5 Å². The van der Waals surface area contributed by atoms with Crippen LogP contribution in [0.4, 0.5) is 0 Å². The molecule has 2 fully saturated rings. The van der Waals surface area contributed by atoms with Gasteiger partial charge in [-0.1, -0.05) is 12.1 Å². The van der Waals surface area contributed by atoms with E-state index in [1.165, 1.54) is 13.0 Å². The molecule has 1 aromatic heterocycles. The predicted octanol–water partition coefficient (Wildman–Crippen LogP) is 2.47. The lowest BCUT2D eigenvalue weighted by Crippen LogP contribution is -2.41. The van der Waals surface area contributed by atoms with Crippen LogP contribution in [0.15, 0.2) is 24.3 Å². The third-order valence-electron chi connectivity index (χ3n) is 6.37. The number of carbonyl (C=O) groups is 1. The SMILES string of the molecule is Cn1c(CCC(=O)N2CCC(CCN3CCOCC3)CC2)nc2ccccc21. The summed E-state index contributed by atoms with van der Waals surface area (Å²) in [5.74, 6) is 2.03. The summed E-state index contributed by atoms with van der Waals surface area (Å²) in [5, 5.41) is 0. The summed E-state index contributed by atoms with van der Waals surface area (Å²) >= 11 is 0. The lowest BCUT2D eigenvalue weighted by Gasteiger charge is -2.34. The highest BCUT2D eigenvalue weighted by molar-refractivity contribution is 5.78. The monoisotopic (exact) mass is 384 g/mol. The average Bonchev–Trinajstić information content (AvgIpc) is 3.07. The highest BCUT2D eigenvalue weighted by atomic mass is 16.5. The van der Waals surface area contributed by atoms with E-state index in [-0.39, 0.29) is 5.91 Å². The van der Waals surface area contributed by atoms with Gasteiger partial charge in [-0.25, -0.2) is 4.98 Å². The van der Waals surface area contributed by atoms with E-state index < -0.39 is 0 Å². The van der Waals surface area contributed by atoms with Gasteiger partial charge in [-0.2, -0.15) is 0 Å². The maximum Gasteiger partial charge on any atom is 0.223 e. The molecule has 2 aliphatic heterocycles. The van der Waals surface area contributed by atoms with Gasteiger partial charge >= 0.3 is 0 Å². The van der Waals surface area contributed by atoms with Gasteiger partial charge in [0.05, 0.1) is 24.2 Å². The van der Waals surface area contributed by atoms with Crippen LogP contribution >= 0.6 is 0 Å². The van der Waals surface area contributed by atoms with E-state index >= 15 is 0 Å². The molecule has 6 heteroatoms. The fraction of sp³-hybridized carbons (Fsp3) is 0.636. The number of rotatable bonds is 6. The zero-order valence-corrected chi connectivity index (χ0v) is 17.0. The number of aromatic nitrogens is 2. The Labute approximate surface area is 167 Å². The van der Waals surface area contributed by atoms with Crippen molar-refractivity contribution in [2.45, 2.75) is 32.1 Å². The van der Waals surface area contributed by atoms with Gasteiger partial charge in [-0.05, 0) is 43.9 Å². The molecule has 0 unspecified atom stereocenters. The van der Waals surface area contributed by atoms with Gasteiger partial charge < -0.3 is 14.2 Å². The summed E-state index contributed by atoms with van der Waals surface area (Å²) in [4.78, 5) is 21.9. The molecule has 0 bridgehead atoms. The average molecular weight is 385 g/mol. The molecule has 0 spiro atoms. The number of carbonyl (C=O) groups excluding carboxylic acids is 1. The lowest BCUT2D eigenvalue weighted by molar-refractivity contribution is -0.132. The van der Waals surface area contributed by atoms with Crippen molar-refractivity contribution in [1.29, 1.82) is 0 Å². The van der Waals surface area contributed by atoms with Crippen molar-refractivity contribution in [3.05, 3.63) is 30.1 Å². The van der Waals surface area contributed by atoms with Crippen molar-refractivity contribution in [2.75, 3.05) is 45.9 Å². The summed E-state index contributed by atoms with van der Waals surface area (Å²) in [6.45, 7) is 6.88. The van der Waals surface area contributed by atoms with E-state index in [4.69, 9.17) is 4.74 Å². The quantitative estimate of drug-likeness (QED) is 0.768.